The van der Waals surface area contributed by atoms with Crippen molar-refractivity contribution in [2.45, 2.75) is 32.9 Å². The largest absolute Gasteiger partial charge is 0.454 e. The molecule has 0 saturated carbocycles. The number of carbonyl (C=O) groups excluding carboxylic acids is 1. The summed E-state index contributed by atoms with van der Waals surface area (Å²) >= 11 is 0. The first-order chi connectivity index (χ1) is 6.38. The van der Waals surface area contributed by atoms with E-state index in [0.717, 1.165) is 12.8 Å². The van der Waals surface area contributed by atoms with Gasteiger partial charge in [-0.2, -0.15) is 13.2 Å². The third-order valence-electron chi connectivity index (χ3n) is 1.56. The van der Waals surface area contributed by atoms with Crippen LogP contribution in [0, 0.1) is 0 Å². The summed E-state index contributed by atoms with van der Waals surface area (Å²) in [6.07, 6.45) is -2.37. The van der Waals surface area contributed by atoms with Crippen molar-refractivity contribution in [3.63, 3.8) is 0 Å². The molecule has 2 nitrogen and oxygen atoms in total. The second-order valence-electron chi connectivity index (χ2n) is 2.97. The molecule has 0 aromatic heterocycles. The number of ketones is 1. The Hall–Kier alpha value is -1.00. The summed E-state index contributed by atoms with van der Waals surface area (Å²) in [5, 5.41) is 2.73. The van der Waals surface area contributed by atoms with Crippen LogP contribution in [0.1, 0.15) is 26.7 Å². The Morgan fingerprint density at radius 3 is 2.43 bits per heavy atom. The van der Waals surface area contributed by atoms with Gasteiger partial charge in [0.1, 0.15) is 0 Å². The smallest absolute Gasteiger partial charge is 0.388 e. The van der Waals surface area contributed by atoms with Crippen LogP contribution in [-0.2, 0) is 4.79 Å². The second kappa shape index (κ2) is 5.67. The standard InChI is InChI=1S/C9H14F3NO/c1-3-4-5-13-7(2)6-8(14)9(10,11)12/h6,13H,3-5H2,1-2H3. The molecule has 0 heterocycles. The highest BCUT2D eigenvalue weighted by molar-refractivity contribution is 5.94. The average molecular weight is 209 g/mol. The highest BCUT2D eigenvalue weighted by atomic mass is 19.4. The van der Waals surface area contributed by atoms with E-state index in [1.165, 1.54) is 6.92 Å². The lowest BCUT2D eigenvalue weighted by atomic mass is 10.3. The fourth-order valence-electron chi connectivity index (χ4n) is 0.792. The summed E-state index contributed by atoms with van der Waals surface area (Å²) in [6.45, 7) is 4.00. The number of carbonyl (C=O) groups is 1. The van der Waals surface area contributed by atoms with E-state index < -0.39 is 12.0 Å². The lowest BCUT2D eigenvalue weighted by Crippen LogP contribution is -2.22. The zero-order chi connectivity index (χ0) is 11.2. The number of halogens is 3. The fourth-order valence-corrected chi connectivity index (χ4v) is 0.792. The molecule has 0 atom stereocenters. The highest BCUT2D eigenvalue weighted by Gasteiger charge is 2.36. The van der Waals surface area contributed by atoms with Crippen LogP contribution in [0.5, 0.6) is 0 Å². The van der Waals surface area contributed by atoms with E-state index in [2.05, 4.69) is 5.32 Å². The van der Waals surface area contributed by atoms with Crippen LogP contribution in [0.4, 0.5) is 13.2 Å². The van der Waals surface area contributed by atoms with Gasteiger partial charge in [0.2, 0.25) is 0 Å². The maximum atomic E-state index is 11.8. The summed E-state index contributed by atoms with van der Waals surface area (Å²) in [6, 6.07) is 0. The van der Waals surface area contributed by atoms with Crippen molar-refractivity contribution >= 4 is 5.78 Å². The van der Waals surface area contributed by atoms with Crippen LogP contribution < -0.4 is 5.32 Å². The van der Waals surface area contributed by atoms with Gasteiger partial charge in [0, 0.05) is 18.3 Å². The molecule has 1 N–H and O–H groups in total. The first-order valence-electron chi connectivity index (χ1n) is 4.41. The zero-order valence-electron chi connectivity index (χ0n) is 8.24. The molecule has 0 bridgehead atoms. The van der Waals surface area contributed by atoms with Gasteiger partial charge in [0.25, 0.3) is 5.78 Å². The summed E-state index contributed by atoms with van der Waals surface area (Å²) in [4.78, 5) is 10.5. The number of unbranched alkanes of at least 4 members (excludes halogenated alkanes) is 1. The zero-order valence-corrected chi connectivity index (χ0v) is 8.24. The van der Waals surface area contributed by atoms with Gasteiger partial charge in [0.05, 0.1) is 0 Å². The van der Waals surface area contributed by atoms with Crippen molar-refractivity contribution < 1.29 is 18.0 Å². The van der Waals surface area contributed by atoms with Crippen LogP contribution in [0.2, 0.25) is 0 Å². The third kappa shape index (κ3) is 5.61. The molecule has 82 valence electrons. The molecule has 0 saturated heterocycles. The predicted octanol–water partition coefficient (Wildman–Crippen LogP) is 2.41. The second-order valence-corrected chi connectivity index (χ2v) is 2.97. The van der Waals surface area contributed by atoms with Gasteiger partial charge in [0.15, 0.2) is 0 Å². The first kappa shape index (κ1) is 13.0. The number of rotatable bonds is 5. The van der Waals surface area contributed by atoms with E-state index in [9.17, 15) is 18.0 Å². The Balaban J connectivity index is 4.04. The van der Waals surface area contributed by atoms with Crippen molar-refractivity contribution in [3.05, 3.63) is 11.8 Å². The predicted molar refractivity (Wildman–Crippen MR) is 47.7 cm³/mol. The average Bonchev–Trinajstić information content (AvgIpc) is 2.03. The van der Waals surface area contributed by atoms with Crippen LogP contribution in [0.15, 0.2) is 11.8 Å². The third-order valence-corrected chi connectivity index (χ3v) is 1.56. The molecule has 0 spiro atoms. The van der Waals surface area contributed by atoms with Gasteiger partial charge in [-0.3, -0.25) is 4.79 Å². The molecule has 14 heavy (non-hydrogen) atoms. The van der Waals surface area contributed by atoms with E-state index in [0.29, 0.717) is 12.6 Å². The number of hydrogen-bond donors (Lipinski definition) is 1. The summed E-state index contributed by atoms with van der Waals surface area (Å²) in [5.41, 5.74) is 0.251. The van der Waals surface area contributed by atoms with Crippen LogP contribution in [0.25, 0.3) is 0 Å². The lowest BCUT2D eigenvalue weighted by molar-refractivity contribution is -0.165. The van der Waals surface area contributed by atoms with Crippen molar-refractivity contribution in [3.8, 4) is 0 Å². The Kier molecular flexibility index (Phi) is 5.27. The molecule has 0 amide bonds. The highest BCUT2D eigenvalue weighted by Crippen LogP contribution is 2.16. The number of nitrogens with one attached hydrogen (secondary N) is 1. The molecule has 0 unspecified atom stereocenters. The Labute approximate surface area is 81.2 Å². The SMILES string of the molecule is CCCCNC(C)=CC(=O)C(F)(F)F. The molecule has 5 heteroatoms. The summed E-state index contributed by atoms with van der Waals surface area (Å²) in [5.74, 6) is -1.82. The topological polar surface area (TPSA) is 29.1 Å². The Bertz CT molecular complexity index is 221. The Morgan fingerprint density at radius 2 is 2.00 bits per heavy atom. The molecule has 0 fully saturated rings. The van der Waals surface area contributed by atoms with Crippen molar-refractivity contribution in [2.75, 3.05) is 6.54 Å². The minimum absolute atomic E-state index is 0.251. The quantitative estimate of drug-likeness (QED) is 0.556. The molecule has 0 aromatic rings. The van der Waals surface area contributed by atoms with Crippen molar-refractivity contribution in [2.24, 2.45) is 0 Å². The molecule has 0 radical (unpaired) electrons. The van der Waals surface area contributed by atoms with E-state index in [1.807, 2.05) is 6.92 Å². The van der Waals surface area contributed by atoms with E-state index in [-0.39, 0.29) is 5.70 Å². The van der Waals surface area contributed by atoms with Gasteiger partial charge in [-0.15, -0.1) is 0 Å². The lowest BCUT2D eigenvalue weighted by Gasteiger charge is -2.06. The first-order valence-corrected chi connectivity index (χ1v) is 4.41. The summed E-state index contributed by atoms with van der Waals surface area (Å²) < 4.78 is 35.3. The number of allylic oxidation sites excluding steroid dienone is 2. The monoisotopic (exact) mass is 209 g/mol. The summed E-state index contributed by atoms with van der Waals surface area (Å²) in [7, 11) is 0. The van der Waals surface area contributed by atoms with Crippen LogP contribution in [-0.4, -0.2) is 18.5 Å². The van der Waals surface area contributed by atoms with Gasteiger partial charge >= 0.3 is 6.18 Å². The van der Waals surface area contributed by atoms with Gasteiger partial charge in [-0.05, 0) is 13.3 Å². The number of alkyl halides is 3. The normalized spacial score (nSPS) is 12.8. The molecule has 0 aliphatic heterocycles. The van der Waals surface area contributed by atoms with Crippen LogP contribution in [0.3, 0.4) is 0 Å². The fraction of sp³-hybridized carbons (Fsp3) is 0.667. The van der Waals surface area contributed by atoms with Crippen molar-refractivity contribution in [1.29, 1.82) is 0 Å². The van der Waals surface area contributed by atoms with Gasteiger partial charge in [-0.1, -0.05) is 13.3 Å². The van der Waals surface area contributed by atoms with Crippen molar-refractivity contribution in [1.82, 2.24) is 5.32 Å². The van der Waals surface area contributed by atoms with Gasteiger partial charge < -0.3 is 5.32 Å². The molecule has 0 rings (SSSR count). The van der Waals surface area contributed by atoms with Gasteiger partial charge in [-0.25, -0.2) is 0 Å². The maximum absolute atomic E-state index is 11.8. The molecule has 0 aromatic carbocycles. The minimum atomic E-state index is -4.77. The number of hydrogen-bond acceptors (Lipinski definition) is 2. The molecule has 0 aliphatic carbocycles. The van der Waals surface area contributed by atoms with E-state index >= 15 is 0 Å². The molecule has 0 aliphatic rings. The molecular formula is C9H14F3NO. The minimum Gasteiger partial charge on any atom is -0.388 e. The maximum Gasteiger partial charge on any atom is 0.454 e. The van der Waals surface area contributed by atoms with E-state index in [4.69, 9.17) is 0 Å². The van der Waals surface area contributed by atoms with Crippen LogP contribution >= 0.6 is 0 Å². The molecular weight excluding hydrogens is 195 g/mol. The van der Waals surface area contributed by atoms with E-state index in [1.54, 1.807) is 0 Å². The Morgan fingerprint density at radius 1 is 1.43 bits per heavy atom.